The number of carbonyl (C=O) groups excluding carboxylic acids is 1. The summed E-state index contributed by atoms with van der Waals surface area (Å²) in [4.78, 5) is 12.0. The highest BCUT2D eigenvalue weighted by Crippen LogP contribution is 2.17. The molecule has 0 aromatic rings. The van der Waals surface area contributed by atoms with Crippen molar-refractivity contribution in [1.82, 2.24) is 0 Å². The van der Waals surface area contributed by atoms with Crippen molar-refractivity contribution in [3.05, 3.63) is 0 Å². The van der Waals surface area contributed by atoms with Gasteiger partial charge >= 0.3 is 5.97 Å². The molecule has 0 aromatic carbocycles. The Labute approximate surface area is 170 Å². The normalized spacial score (nSPS) is 25.4. The van der Waals surface area contributed by atoms with Crippen LogP contribution in [0.15, 0.2) is 0 Å². The predicted molar refractivity (Wildman–Crippen MR) is 109 cm³/mol. The lowest BCUT2D eigenvalue weighted by Crippen LogP contribution is -2.46. The Morgan fingerprint density at radius 3 is 1.79 bits per heavy atom. The topological polar surface area (TPSA) is 96.2 Å². The molecule has 28 heavy (non-hydrogen) atoms. The fourth-order valence-corrected chi connectivity index (χ4v) is 3.60. The highest BCUT2D eigenvalue weighted by Gasteiger charge is 2.38. The summed E-state index contributed by atoms with van der Waals surface area (Å²) in [5.74, 6) is -0.444. The molecular weight excluding hydrogens is 360 g/mol. The lowest BCUT2D eigenvalue weighted by atomic mass is 10.0. The van der Waals surface area contributed by atoms with Crippen molar-refractivity contribution >= 4 is 5.97 Å². The van der Waals surface area contributed by atoms with Gasteiger partial charge in [-0.25, -0.2) is 0 Å². The Bertz CT molecular complexity index is 389. The van der Waals surface area contributed by atoms with Gasteiger partial charge in [-0.05, 0) is 6.42 Å². The number of rotatable bonds is 15. The predicted octanol–water partition coefficient (Wildman–Crippen LogP) is 3.49. The molecule has 6 heteroatoms. The van der Waals surface area contributed by atoms with Gasteiger partial charge in [0.25, 0.3) is 0 Å². The summed E-state index contributed by atoms with van der Waals surface area (Å²) < 4.78 is 10.2. The molecular formula is C22H42O6. The minimum absolute atomic E-state index is 0.0647. The molecule has 1 aliphatic heterocycles. The zero-order chi connectivity index (χ0) is 20.6. The lowest BCUT2D eigenvalue weighted by molar-refractivity contribution is -0.169. The van der Waals surface area contributed by atoms with Crippen LogP contribution in [0.5, 0.6) is 0 Å². The summed E-state index contributed by atoms with van der Waals surface area (Å²) in [5, 5.41) is 29.5. The maximum Gasteiger partial charge on any atom is 0.306 e. The third-order valence-electron chi connectivity index (χ3n) is 5.44. The highest BCUT2D eigenvalue weighted by molar-refractivity contribution is 5.69. The molecule has 1 heterocycles. The van der Waals surface area contributed by atoms with Crippen molar-refractivity contribution in [2.75, 3.05) is 13.2 Å². The van der Waals surface area contributed by atoms with E-state index in [9.17, 15) is 20.1 Å². The van der Waals surface area contributed by atoms with E-state index in [0.29, 0.717) is 0 Å². The van der Waals surface area contributed by atoms with Crippen molar-refractivity contribution in [1.29, 1.82) is 0 Å². The van der Waals surface area contributed by atoms with Crippen molar-refractivity contribution < 1.29 is 29.6 Å². The number of aliphatic hydroxyl groups excluding tert-OH is 3. The van der Waals surface area contributed by atoms with Gasteiger partial charge in [-0.2, -0.15) is 0 Å². The number of aliphatic hydroxyl groups is 3. The minimum Gasteiger partial charge on any atom is -0.457 e. The second-order valence-electron chi connectivity index (χ2n) is 8.11. The Kier molecular flexibility index (Phi) is 14.6. The molecule has 0 amide bonds. The van der Waals surface area contributed by atoms with Crippen molar-refractivity contribution in [2.24, 2.45) is 0 Å². The Morgan fingerprint density at radius 1 is 0.786 bits per heavy atom. The van der Waals surface area contributed by atoms with E-state index in [4.69, 9.17) is 9.47 Å². The molecule has 1 fully saturated rings. The standard InChI is InChI=1S/C22H42O6/c1-2-3-4-5-6-7-8-9-10-11-12-13-14-15-20(25)28-22-19(24)17-27-16-18(23)21(22)26/h18-19,21-24,26H,2-17H2,1H3/t18-,19-,21-,22-/m1/s1. The van der Waals surface area contributed by atoms with E-state index in [0.717, 1.165) is 19.3 Å². The van der Waals surface area contributed by atoms with Gasteiger partial charge in [-0.15, -0.1) is 0 Å². The van der Waals surface area contributed by atoms with Crippen LogP contribution in [0.2, 0.25) is 0 Å². The van der Waals surface area contributed by atoms with Gasteiger partial charge in [0.1, 0.15) is 18.3 Å². The first-order valence-corrected chi connectivity index (χ1v) is 11.4. The van der Waals surface area contributed by atoms with E-state index in [-0.39, 0.29) is 19.6 Å². The molecule has 0 radical (unpaired) electrons. The molecule has 1 rings (SSSR count). The van der Waals surface area contributed by atoms with E-state index in [1.165, 1.54) is 64.2 Å². The first-order chi connectivity index (χ1) is 13.6. The van der Waals surface area contributed by atoms with Gasteiger partial charge in [0.05, 0.1) is 13.2 Å². The number of carbonyl (C=O) groups is 1. The third-order valence-corrected chi connectivity index (χ3v) is 5.44. The summed E-state index contributed by atoms with van der Waals surface area (Å²) in [7, 11) is 0. The SMILES string of the molecule is CCCCCCCCCCCCCCCC(=O)O[C@H]1[C@H](O)[C@H](O)COC[C@H]1O. The second-order valence-corrected chi connectivity index (χ2v) is 8.11. The van der Waals surface area contributed by atoms with Gasteiger partial charge in [0.15, 0.2) is 6.10 Å². The van der Waals surface area contributed by atoms with Crippen LogP contribution >= 0.6 is 0 Å². The van der Waals surface area contributed by atoms with Crippen LogP contribution in [0.1, 0.15) is 96.8 Å². The van der Waals surface area contributed by atoms with E-state index < -0.39 is 30.4 Å². The zero-order valence-electron chi connectivity index (χ0n) is 17.7. The van der Waals surface area contributed by atoms with Gasteiger partial charge in [0, 0.05) is 6.42 Å². The highest BCUT2D eigenvalue weighted by atomic mass is 16.6. The van der Waals surface area contributed by atoms with Gasteiger partial charge in [-0.1, -0.05) is 84.0 Å². The van der Waals surface area contributed by atoms with E-state index in [2.05, 4.69) is 6.92 Å². The molecule has 0 aromatic heterocycles. The maximum absolute atomic E-state index is 12.0. The lowest BCUT2D eigenvalue weighted by Gasteiger charge is -2.26. The molecule has 1 saturated heterocycles. The summed E-state index contributed by atoms with van der Waals surface area (Å²) >= 11 is 0. The van der Waals surface area contributed by atoms with E-state index in [1.54, 1.807) is 0 Å². The molecule has 0 spiro atoms. The maximum atomic E-state index is 12.0. The van der Waals surface area contributed by atoms with Gasteiger partial charge < -0.3 is 24.8 Å². The summed E-state index contributed by atoms with van der Waals surface area (Å²) in [6.07, 6.45) is 11.6. The summed E-state index contributed by atoms with van der Waals surface area (Å²) in [6.45, 7) is 2.10. The van der Waals surface area contributed by atoms with E-state index in [1.807, 2.05) is 0 Å². The number of unbranched alkanes of at least 4 members (excludes halogenated alkanes) is 12. The zero-order valence-corrected chi connectivity index (χ0v) is 17.7. The Hall–Kier alpha value is -0.690. The molecule has 3 N–H and O–H groups in total. The van der Waals surface area contributed by atoms with E-state index >= 15 is 0 Å². The Morgan fingerprint density at radius 2 is 1.25 bits per heavy atom. The van der Waals surface area contributed by atoms with Crippen LogP contribution in [0.3, 0.4) is 0 Å². The van der Waals surface area contributed by atoms with Crippen LogP contribution in [0.4, 0.5) is 0 Å². The van der Waals surface area contributed by atoms with Crippen molar-refractivity contribution in [3.63, 3.8) is 0 Å². The first-order valence-electron chi connectivity index (χ1n) is 11.4. The van der Waals surface area contributed by atoms with Crippen LogP contribution < -0.4 is 0 Å². The minimum atomic E-state index is -1.33. The number of hydrogen-bond acceptors (Lipinski definition) is 6. The molecule has 166 valence electrons. The Balaban J connectivity index is 1.97. The molecule has 0 aliphatic carbocycles. The monoisotopic (exact) mass is 402 g/mol. The van der Waals surface area contributed by atoms with Crippen molar-refractivity contribution in [3.8, 4) is 0 Å². The quantitative estimate of drug-likeness (QED) is 0.287. The van der Waals surface area contributed by atoms with Gasteiger partial charge in [-0.3, -0.25) is 4.79 Å². The van der Waals surface area contributed by atoms with Crippen LogP contribution in [0.25, 0.3) is 0 Å². The largest absolute Gasteiger partial charge is 0.457 e. The van der Waals surface area contributed by atoms with Gasteiger partial charge in [0.2, 0.25) is 0 Å². The first kappa shape index (κ1) is 25.3. The molecule has 4 atom stereocenters. The summed E-state index contributed by atoms with van der Waals surface area (Å²) in [5.41, 5.74) is 0. The molecule has 0 saturated carbocycles. The van der Waals surface area contributed by atoms with Crippen LogP contribution in [-0.4, -0.2) is 58.9 Å². The summed E-state index contributed by atoms with van der Waals surface area (Å²) in [6, 6.07) is 0. The van der Waals surface area contributed by atoms with Crippen LogP contribution in [-0.2, 0) is 14.3 Å². The van der Waals surface area contributed by atoms with Crippen molar-refractivity contribution in [2.45, 2.75) is 121 Å². The fourth-order valence-electron chi connectivity index (χ4n) is 3.60. The van der Waals surface area contributed by atoms with Crippen LogP contribution in [0, 0.1) is 0 Å². The average Bonchev–Trinajstić information content (AvgIpc) is 2.79. The molecule has 0 unspecified atom stereocenters. The fraction of sp³-hybridized carbons (Fsp3) is 0.955. The second kappa shape index (κ2) is 16.1. The average molecular weight is 403 g/mol. The number of hydrogen-bond donors (Lipinski definition) is 3. The number of esters is 1. The molecule has 6 nitrogen and oxygen atoms in total. The number of ether oxygens (including phenoxy) is 2. The third kappa shape index (κ3) is 11.3. The molecule has 0 bridgehead atoms. The smallest absolute Gasteiger partial charge is 0.306 e. The molecule has 1 aliphatic rings.